The highest BCUT2D eigenvalue weighted by Gasteiger charge is 2.30. The highest BCUT2D eigenvalue weighted by Crippen LogP contribution is 2.23. The SMILES string of the molecule is CCC(C)(C)C(=O)OCC(CO)N(C)C.CCC(C)(C)OC(=O)CC(CO)N(C)C.CCC(C)(C)OC(=O)CC(O)CN(C)C.CCC(C)(C)OCC(CO)N(C)C.CCC(C)(C)OCC(O)CN(C)C.CCC(C)C(=O)OCC(CO)N(C)C.CCC(C)OC(=O)CC(CO)N(C)C.CCC(C)OC(=O)CC(O)CN(C)C.CCC(C)OCC(CO)N(C)C.CCC(C)OCC(O)CN(C)C. The summed E-state index contributed by atoms with van der Waals surface area (Å²) in [6.45, 7) is 54.2. The van der Waals surface area contributed by atoms with E-state index in [1.807, 2.05) is 322 Å². The Kier molecular flexibility index (Phi) is 99.9. The minimum absolute atomic E-state index is 0.000780. The lowest BCUT2D eigenvalue weighted by Gasteiger charge is -2.29. The molecule has 137 heavy (non-hydrogen) atoms. The normalized spacial score (nSPS) is 15.0. The van der Waals surface area contributed by atoms with Crippen LogP contribution in [0.15, 0.2) is 0 Å². The zero-order valence-corrected chi connectivity index (χ0v) is 95.8. The van der Waals surface area contributed by atoms with E-state index in [4.69, 9.17) is 78.0 Å². The number of carbonyl (C=O) groups is 6. The van der Waals surface area contributed by atoms with Gasteiger partial charge in [0.25, 0.3) is 0 Å². The van der Waals surface area contributed by atoms with Gasteiger partial charge in [-0.2, -0.15) is 0 Å². The average molecular weight is 1990 g/mol. The molecule has 0 aromatic rings. The molecule has 15 unspecified atom stereocenters. The maximum atomic E-state index is 11.6. The number of esters is 6. The lowest BCUT2D eigenvalue weighted by molar-refractivity contribution is -0.160. The Morgan fingerprint density at radius 1 is 0.277 bits per heavy atom. The summed E-state index contributed by atoms with van der Waals surface area (Å²) >= 11 is 0. The predicted octanol–water partition coefficient (Wildman–Crippen LogP) is 8.41. The molecule has 0 fully saturated rings. The molecule has 0 saturated carbocycles. The van der Waals surface area contributed by atoms with Crippen molar-refractivity contribution in [1.82, 2.24) is 49.0 Å². The van der Waals surface area contributed by atoms with Gasteiger partial charge in [-0.1, -0.05) is 76.2 Å². The summed E-state index contributed by atoms with van der Waals surface area (Å²) in [5.41, 5.74) is -1.48. The Balaban J connectivity index is -0.000000164. The highest BCUT2D eigenvalue weighted by atomic mass is 16.6. The molecule has 0 spiro atoms. The van der Waals surface area contributed by atoms with Crippen LogP contribution in [0.1, 0.15) is 263 Å². The van der Waals surface area contributed by atoms with E-state index >= 15 is 0 Å². The predicted molar refractivity (Wildman–Crippen MR) is 554 cm³/mol. The zero-order valence-electron chi connectivity index (χ0n) is 95.8. The zero-order chi connectivity index (χ0) is 110. The molecule has 15 atom stereocenters. The molecule has 0 aliphatic heterocycles. The van der Waals surface area contributed by atoms with E-state index in [0.717, 1.165) is 64.2 Å². The molecule has 36 nitrogen and oxygen atoms in total. The van der Waals surface area contributed by atoms with Gasteiger partial charge in [-0.05, 0) is 302 Å². The summed E-state index contributed by atoms with van der Waals surface area (Å²) in [5, 5.41) is 91.9. The van der Waals surface area contributed by atoms with E-state index in [2.05, 4.69) is 41.5 Å². The number of carbonyl (C=O) groups excluding carboxylic acids is 6. The van der Waals surface area contributed by atoms with Crippen molar-refractivity contribution < 1.29 is 127 Å². The summed E-state index contributed by atoms with van der Waals surface area (Å²) in [4.78, 5) is 87.2. The van der Waals surface area contributed by atoms with Crippen molar-refractivity contribution in [3.05, 3.63) is 0 Å². The van der Waals surface area contributed by atoms with Crippen LogP contribution in [0.5, 0.6) is 0 Å². The summed E-state index contributed by atoms with van der Waals surface area (Å²) < 4.78 is 53.0. The van der Waals surface area contributed by atoms with Crippen molar-refractivity contribution in [1.29, 1.82) is 0 Å². The van der Waals surface area contributed by atoms with Crippen LogP contribution in [0, 0.1) is 11.3 Å². The molecule has 0 radical (unpaired) electrons. The first-order valence-electron chi connectivity index (χ1n) is 49.5. The van der Waals surface area contributed by atoms with Gasteiger partial charge < -0.3 is 147 Å². The third kappa shape index (κ3) is 100. The summed E-state index contributed by atoms with van der Waals surface area (Å²) in [5.74, 6) is -1.61. The van der Waals surface area contributed by atoms with E-state index in [1.165, 1.54) is 0 Å². The Bertz CT molecular complexity index is 2800. The molecule has 0 amide bonds. The maximum absolute atomic E-state index is 11.6. The standard InChI is InChI=1S/3C11H23NO3.3C10H21NO3.2C10H23NO2.2C9H21NO2/c1-6-11(2,3)10(14)15-8-9(7-13)12(4)5;1-6-11(2,3)15-10(14)7-9(8-13)12(4)5;1-6-11(2,3)15-10(14)7-9(13)8-12(4)5;1-5-8(2)10(13)14-7-9(6-12)11(3)4;1-5-8(2)14-10(13)6-9(7-12)11(3)4;1-5-8(2)14-10(13)6-9(12)7-11(3)4;1-6-10(2,3)13-8-9(7-12)11(4)5;1-6-10(2,3)13-8-9(12)7-11(4)5;1-5-8(2)12-7-9(6-11)10(3)4;1-5-8(2)12-7-9(11)6-10(3)4/h3*9,13H,6-8H2,1-5H3;3*8-9,12H,5-7H2,1-4H3;2*9,12H,6-8H2,1-5H3;2*8-9,11H,5-7H2,1-4H3. The smallest absolute Gasteiger partial charge is 0.311 e. The van der Waals surface area contributed by atoms with Gasteiger partial charge in [0.1, 0.15) is 24.4 Å². The van der Waals surface area contributed by atoms with Crippen molar-refractivity contribution in [3.8, 4) is 0 Å². The van der Waals surface area contributed by atoms with Crippen molar-refractivity contribution in [2.24, 2.45) is 11.3 Å². The minimum atomic E-state index is -0.653. The fraction of sp³-hybridized carbons (Fsp3) is 0.941. The largest absolute Gasteiger partial charge is 0.464 e. The van der Waals surface area contributed by atoms with Crippen LogP contribution in [0.3, 0.4) is 0 Å². The first-order valence-corrected chi connectivity index (χ1v) is 49.5. The van der Waals surface area contributed by atoms with E-state index < -0.39 is 28.8 Å². The first-order chi connectivity index (χ1) is 62.9. The minimum Gasteiger partial charge on any atom is -0.464 e. The molecule has 36 heteroatoms. The van der Waals surface area contributed by atoms with Crippen LogP contribution in [-0.2, 0) is 76.1 Å². The molecule has 10 N–H and O–H groups in total. The lowest BCUT2D eigenvalue weighted by atomic mass is 9.91. The van der Waals surface area contributed by atoms with Crippen LogP contribution in [0.25, 0.3) is 0 Å². The number of nitrogens with zero attached hydrogens (tertiary/aromatic N) is 10. The fourth-order valence-corrected chi connectivity index (χ4v) is 9.16. The number of hydrogen-bond donors (Lipinski definition) is 10. The van der Waals surface area contributed by atoms with Crippen molar-refractivity contribution >= 4 is 35.8 Å². The molecule has 0 aliphatic rings. The van der Waals surface area contributed by atoms with Crippen molar-refractivity contribution in [2.75, 3.05) is 246 Å². The number of aliphatic hydroxyl groups is 10. The number of likely N-dealkylation sites (N-methyl/N-ethyl adjacent to an activating group) is 10. The van der Waals surface area contributed by atoms with Gasteiger partial charge in [0, 0.05) is 38.3 Å². The molecule has 0 aliphatic carbocycles. The van der Waals surface area contributed by atoms with Crippen LogP contribution >= 0.6 is 0 Å². The molecule has 830 valence electrons. The molecule has 0 aromatic heterocycles. The second-order valence-electron chi connectivity index (χ2n) is 40.6. The second-order valence-corrected chi connectivity index (χ2v) is 40.6. The van der Waals surface area contributed by atoms with Crippen LogP contribution < -0.4 is 0 Å². The van der Waals surface area contributed by atoms with E-state index in [0.29, 0.717) is 58.7 Å². The summed E-state index contributed by atoms with van der Waals surface area (Å²) in [6, 6.07) is -0.314. The first kappa shape index (κ1) is 153. The number of hydrogen-bond acceptors (Lipinski definition) is 36. The summed E-state index contributed by atoms with van der Waals surface area (Å²) in [7, 11) is 37.7. The molecular formula is C101H220N10O26. The highest BCUT2D eigenvalue weighted by molar-refractivity contribution is 5.76. The van der Waals surface area contributed by atoms with Crippen LogP contribution in [0.4, 0.5) is 0 Å². The van der Waals surface area contributed by atoms with Crippen molar-refractivity contribution in [3.63, 3.8) is 0 Å². The van der Waals surface area contributed by atoms with Gasteiger partial charge in [-0.15, -0.1) is 0 Å². The third-order valence-electron chi connectivity index (χ3n) is 22.5. The Hall–Kier alpha value is -4.14. The van der Waals surface area contributed by atoms with Gasteiger partial charge in [0.15, 0.2) is 0 Å². The van der Waals surface area contributed by atoms with Gasteiger partial charge in [-0.25, -0.2) is 0 Å². The molecule has 0 heterocycles. The monoisotopic (exact) mass is 1990 g/mol. The maximum Gasteiger partial charge on any atom is 0.311 e. The van der Waals surface area contributed by atoms with Gasteiger partial charge >= 0.3 is 35.8 Å². The second kappa shape index (κ2) is 89.5. The number of rotatable bonds is 60. The molecule has 0 saturated heterocycles. The lowest BCUT2D eigenvalue weighted by Crippen LogP contribution is -2.39. The Morgan fingerprint density at radius 2 is 0.533 bits per heavy atom. The Labute approximate surface area is 836 Å². The van der Waals surface area contributed by atoms with Gasteiger partial charge in [0.05, 0.1) is 187 Å². The molecular weight excluding hydrogens is 1770 g/mol. The van der Waals surface area contributed by atoms with Gasteiger partial charge in [-0.3, -0.25) is 28.8 Å². The number of aliphatic hydroxyl groups excluding tert-OH is 10. The molecule has 0 rings (SSSR count). The third-order valence-corrected chi connectivity index (χ3v) is 22.5. The molecule has 0 aromatic carbocycles. The topological polar surface area (TPSA) is 429 Å². The van der Waals surface area contributed by atoms with Gasteiger partial charge in [0.2, 0.25) is 0 Å². The average Bonchev–Trinajstić information content (AvgIpc) is 0.881. The van der Waals surface area contributed by atoms with E-state index in [9.17, 15) is 49.2 Å². The van der Waals surface area contributed by atoms with Crippen molar-refractivity contribution in [2.45, 2.75) is 370 Å². The Morgan fingerprint density at radius 3 is 0.818 bits per heavy atom. The number of ether oxygens (including phenoxy) is 10. The van der Waals surface area contributed by atoms with E-state index in [-0.39, 0.29) is 198 Å². The van der Waals surface area contributed by atoms with Crippen LogP contribution in [-0.4, -0.2) is 490 Å². The molecule has 0 bridgehead atoms. The fourth-order valence-electron chi connectivity index (χ4n) is 9.16. The quantitative estimate of drug-likeness (QED) is 0.0202. The summed E-state index contributed by atoms with van der Waals surface area (Å²) in [6.07, 6.45) is 7.66. The van der Waals surface area contributed by atoms with E-state index in [1.54, 1.807) is 0 Å². The van der Waals surface area contributed by atoms with Crippen LogP contribution in [0.2, 0.25) is 0 Å².